The molecule has 0 fully saturated rings. The maximum absolute atomic E-state index is 14.1. The number of hydrogen-bond acceptors (Lipinski definition) is 5. The van der Waals surface area contributed by atoms with Crippen LogP contribution < -0.4 is 10.2 Å². The van der Waals surface area contributed by atoms with Gasteiger partial charge in [0, 0.05) is 43.0 Å². The number of nitrogens with one attached hydrogen (secondary N) is 1. The highest BCUT2D eigenvalue weighted by Gasteiger charge is 2.20. The molecule has 0 saturated heterocycles. The van der Waals surface area contributed by atoms with Gasteiger partial charge < -0.3 is 15.3 Å². The van der Waals surface area contributed by atoms with Gasteiger partial charge in [0.15, 0.2) is 5.65 Å². The van der Waals surface area contributed by atoms with Crippen molar-refractivity contribution in [2.24, 2.45) is 0 Å². The summed E-state index contributed by atoms with van der Waals surface area (Å²) in [4.78, 5) is 19.5. The van der Waals surface area contributed by atoms with Crippen molar-refractivity contribution in [3.63, 3.8) is 0 Å². The van der Waals surface area contributed by atoms with Crippen LogP contribution in [0.15, 0.2) is 60.8 Å². The summed E-state index contributed by atoms with van der Waals surface area (Å²) >= 11 is 0. The molecule has 0 aliphatic rings. The molecular weight excluding hydrogens is 421 g/mol. The van der Waals surface area contributed by atoms with Crippen LogP contribution in [0.25, 0.3) is 5.65 Å². The number of carbonyl (C=O) groups excluding carboxylic acids is 1. The summed E-state index contributed by atoms with van der Waals surface area (Å²) in [5.74, 6) is -0.822. The molecule has 170 valence electrons. The predicted molar refractivity (Wildman–Crippen MR) is 125 cm³/mol. The van der Waals surface area contributed by atoms with Crippen molar-refractivity contribution in [1.82, 2.24) is 19.9 Å². The molecule has 8 heteroatoms. The number of carbonyl (C=O) groups is 1. The fourth-order valence-corrected chi connectivity index (χ4v) is 3.83. The van der Waals surface area contributed by atoms with E-state index in [0.717, 1.165) is 12.2 Å². The minimum Gasteiger partial charge on any atom is -0.493 e. The summed E-state index contributed by atoms with van der Waals surface area (Å²) in [5, 5.41) is 17.8. The van der Waals surface area contributed by atoms with Crippen LogP contribution in [0.3, 0.4) is 0 Å². The minimum atomic E-state index is -0.353. The van der Waals surface area contributed by atoms with E-state index in [2.05, 4.69) is 27.2 Å². The van der Waals surface area contributed by atoms with Gasteiger partial charge in [0.2, 0.25) is 5.88 Å². The number of halogens is 1. The molecule has 0 spiro atoms. The van der Waals surface area contributed by atoms with Crippen molar-refractivity contribution < 1.29 is 14.3 Å². The summed E-state index contributed by atoms with van der Waals surface area (Å²) in [5.41, 5.74) is 3.04. The first-order valence-corrected chi connectivity index (χ1v) is 10.9. The molecule has 0 saturated carbocycles. The molecule has 4 rings (SSSR count). The Bertz CT molecular complexity index is 1270. The molecule has 0 aliphatic heterocycles. The van der Waals surface area contributed by atoms with E-state index in [1.807, 2.05) is 30.3 Å². The number of aryl methyl sites for hydroxylation is 1. The summed E-state index contributed by atoms with van der Waals surface area (Å²) in [6, 6.07) is 16.4. The first kappa shape index (κ1) is 22.3. The van der Waals surface area contributed by atoms with Gasteiger partial charge >= 0.3 is 0 Å². The number of amides is 1. The second-order valence-corrected chi connectivity index (χ2v) is 7.73. The normalized spacial score (nSPS) is 11.0. The zero-order chi connectivity index (χ0) is 23.4. The van der Waals surface area contributed by atoms with Gasteiger partial charge in [-0.1, -0.05) is 36.4 Å². The number of nitrogens with zero attached hydrogens (tertiary/aromatic N) is 4. The SMILES string of the molecule is CCN(CCNC(=O)c1cnn2c(O)c(Cc3ccccc3F)c(C)nc12)c1ccccc1. The zero-order valence-electron chi connectivity index (χ0n) is 18.6. The van der Waals surface area contributed by atoms with Crippen molar-refractivity contribution in [2.75, 3.05) is 24.5 Å². The monoisotopic (exact) mass is 447 g/mol. The third-order valence-electron chi connectivity index (χ3n) is 5.66. The molecule has 2 aromatic heterocycles. The van der Waals surface area contributed by atoms with E-state index in [-0.39, 0.29) is 35.2 Å². The van der Waals surface area contributed by atoms with E-state index in [9.17, 15) is 14.3 Å². The van der Waals surface area contributed by atoms with Crippen LogP contribution in [-0.4, -0.2) is 45.2 Å². The second-order valence-electron chi connectivity index (χ2n) is 7.73. The molecule has 2 N–H and O–H groups in total. The first-order valence-electron chi connectivity index (χ1n) is 10.9. The second kappa shape index (κ2) is 9.68. The molecule has 0 unspecified atom stereocenters. The highest BCUT2D eigenvalue weighted by Crippen LogP contribution is 2.26. The fourth-order valence-electron chi connectivity index (χ4n) is 3.83. The van der Waals surface area contributed by atoms with Gasteiger partial charge in [0.25, 0.3) is 5.91 Å². The molecule has 7 nitrogen and oxygen atoms in total. The topological polar surface area (TPSA) is 82.8 Å². The van der Waals surface area contributed by atoms with E-state index in [0.29, 0.717) is 29.9 Å². The average Bonchev–Trinajstić information content (AvgIpc) is 3.25. The van der Waals surface area contributed by atoms with Crippen LogP contribution in [-0.2, 0) is 6.42 Å². The lowest BCUT2D eigenvalue weighted by molar-refractivity contribution is 0.0956. The smallest absolute Gasteiger partial charge is 0.256 e. The predicted octanol–water partition coefficient (Wildman–Crippen LogP) is 3.73. The maximum atomic E-state index is 14.1. The standard InChI is InChI=1S/C25H26FN5O2/c1-3-30(19-10-5-4-6-11-19)14-13-27-24(32)21-16-28-31-23(21)29-17(2)20(25(31)33)15-18-9-7-8-12-22(18)26/h4-12,16,33H,3,13-15H2,1-2H3,(H,27,32). The summed E-state index contributed by atoms with van der Waals surface area (Å²) in [6.45, 7) is 5.69. The van der Waals surface area contributed by atoms with Crippen molar-refractivity contribution in [2.45, 2.75) is 20.3 Å². The number of aromatic nitrogens is 3. The van der Waals surface area contributed by atoms with Gasteiger partial charge in [-0.25, -0.2) is 9.37 Å². The number of aromatic hydroxyl groups is 1. The number of likely N-dealkylation sites (N-methyl/N-ethyl adjacent to an activating group) is 1. The van der Waals surface area contributed by atoms with Crippen LogP contribution in [0, 0.1) is 12.7 Å². The van der Waals surface area contributed by atoms with E-state index >= 15 is 0 Å². The number of fused-ring (bicyclic) bond motifs is 1. The molecule has 1 amide bonds. The van der Waals surface area contributed by atoms with E-state index in [1.165, 1.54) is 16.8 Å². The van der Waals surface area contributed by atoms with Crippen LogP contribution in [0.5, 0.6) is 5.88 Å². The van der Waals surface area contributed by atoms with Crippen LogP contribution in [0.2, 0.25) is 0 Å². The molecule has 2 aromatic carbocycles. The number of hydrogen-bond donors (Lipinski definition) is 2. The number of rotatable bonds is 8. The lowest BCUT2D eigenvalue weighted by Gasteiger charge is -2.23. The molecule has 0 bridgehead atoms. The quantitative estimate of drug-likeness (QED) is 0.430. The van der Waals surface area contributed by atoms with Crippen LogP contribution in [0.4, 0.5) is 10.1 Å². The highest BCUT2D eigenvalue weighted by atomic mass is 19.1. The summed E-state index contributed by atoms with van der Waals surface area (Å²) in [6.07, 6.45) is 1.56. The number of para-hydroxylation sites is 1. The summed E-state index contributed by atoms with van der Waals surface area (Å²) < 4.78 is 15.3. The molecule has 0 atom stereocenters. The molecule has 0 radical (unpaired) electrons. The van der Waals surface area contributed by atoms with Crippen molar-refractivity contribution in [3.05, 3.63) is 89.0 Å². The molecular formula is C25H26FN5O2. The summed E-state index contributed by atoms with van der Waals surface area (Å²) in [7, 11) is 0. The zero-order valence-corrected chi connectivity index (χ0v) is 18.6. The fraction of sp³-hybridized carbons (Fsp3) is 0.240. The van der Waals surface area contributed by atoms with Gasteiger partial charge in [-0.2, -0.15) is 9.61 Å². The van der Waals surface area contributed by atoms with Gasteiger partial charge in [0.05, 0.1) is 6.20 Å². The van der Waals surface area contributed by atoms with Gasteiger partial charge in [0.1, 0.15) is 11.4 Å². The minimum absolute atomic E-state index is 0.152. The Kier molecular flexibility index (Phi) is 6.53. The maximum Gasteiger partial charge on any atom is 0.256 e. The van der Waals surface area contributed by atoms with Gasteiger partial charge in [-0.3, -0.25) is 4.79 Å². The van der Waals surface area contributed by atoms with E-state index in [1.54, 1.807) is 25.1 Å². The molecule has 0 aliphatic carbocycles. The highest BCUT2D eigenvalue weighted by molar-refractivity contribution is 5.99. The molecule has 4 aromatic rings. The van der Waals surface area contributed by atoms with E-state index in [4.69, 9.17) is 0 Å². The lowest BCUT2D eigenvalue weighted by Crippen LogP contribution is -2.35. The Hall–Kier alpha value is -3.94. The Morgan fingerprint density at radius 3 is 2.61 bits per heavy atom. The third kappa shape index (κ3) is 4.64. The first-order chi connectivity index (χ1) is 16.0. The largest absolute Gasteiger partial charge is 0.493 e. The lowest BCUT2D eigenvalue weighted by atomic mass is 10.0. The Labute approximate surface area is 191 Å². The number of benzene rings is 2. The van der Waals surface area contributed by atoms with E-state index < -0.39 is 0 Å². The van der Waals surface area contributed by atoms with Crippen LogP contribution >= 0.6 is 0 Å². The Morgan fingerprint density at radius 1 is 1.15 bits per heavy atom. The average molecular weight is 448 g/mol. The van der Waals surface area contributed by atoms with Gasteiger partial charge in [-0.05, 0) is 37.6 Å². The molecule has 33 heavy (non-hydrogen) atoms. The van der Waals surface area contributed by atoms with Crippen LogP contribution in [0.1, 0.15) is 34.1 Å². The third-order valence-corrected chi connectivity index (χ3v) is 5.66. The molecule has 2 heterocycles. The number of anilines is 1. The Balaban J connectivity index is 1.50. The van der Waals surface area contributed by atoms with Crippen molar-refractivity contribution >= 4 is 17.2 Å². The van der Waals surface area contributed by atoms with Gasteiger partial charge in [-0.15, -0.1) is 0 Å². The van der Waals surface area contributed by atoms with Crippen molar-refractivity contribution in [3.8, 4) is 5.88 Å². The van der Waals surface area contributed by atoms with Crippen molar-refractivity contribution in [1.29, 1.82) is 0 Å². The Morgan fingerprint density at radius 2 is 1.88 bits per heavy atom.